The monoisotopic (exact) mass is 228 g/mol. The molecule has 16 heavy (non-hydrogen) atoms. The van der Waals surface area contributed by atoms with Gasteiger partial charge in [0.25, 0.3) is 0 Å². The second kappa shape index (κ2) is 7.49. The number of aliphatic hydroxyl groups is 1. The van der Waals surface area contributed by atoms with Crippen LogP contribution in [0.25, 0.3) is 0 Å². The van der Waals surface area contributed by atoms with Gasteiger partial charge < -0.3 is 15.3 Å². The molecule has 94 valence electrons. The molecular formula is C12H24N2O2. The van der Waals surface area contributed by atoms with Crippen LogP contribution in [0.5, 0.6) is 0 Å². The molecule has 1 aliphatic carbocycles. The van der Waals surface area contributed by atoms with E-state index < -0.39 is 0 Å². The number of nitrogens with zero attached hydrogens (tertiary/aromatic N) is 1. The molecule has 0 saturated heterocycles. The molecule has 0 heterocycles. The van der Waals surface area contributed by atoms with Crippen LogP contribution in [0.1, 0.15) is 38.5 Å². The van der Waals surface area contributed by atoms with Gasteiger partial charge >= 0.3 is 6.03 Å². The molecule has 0 aromatic rings. The Balaban J connectivity index is 1.99. The molecule has 0 aromatic carbocycles. The lowest BCUT2D eigenvalue weighted by molar-refractivity contribution is 0.190. The molecule has 0 radical (unpaired) electrons. The van der Waals surface area contributed by atoms with Gasteiger partial charge in [-0.05, 0) is 18.8 Å². The van der Waals surface area contributed by atoms with Crippen molar-refractivity contribution >= 4 is 6.03 Å². The van der Waals surface area contributed by atoms with Gasteiger partial charge in [0.2, 0.25) is 0 Å². The fourth-order valence-electron chi connectivity index (χ4n) is 2.27. The van der Waals surface area contributed by atoms with E-state index >= 15 is 0 Å². The number of amides is 2. The molecule has 0 spiro atoms. The summed E-state index contributed by atoms with van der Waals surface area (Å²) in [5.41, 5.74) is 0. The Bertz CT molecular complexity index is 203. The van der Waals surface area contributed by atoms with Gasteiger partial charge in [0.15, 0.2) is 0 Å². The molecule has 1 rings (SSSR count). The number of hydrogen-bond acceptors (Lipinski definition) is 2. The van der Waals surface area contributed by atoms with E-state index in [1.807, 2.05) is 0 Å². The van der Waals surface area contributed by atoms with Crippen molar-refractivity contribution < 1.29 is 9.90 Å². The van der Waals surface area contributed by atoms with Gasteiger partial charge in [-0.3, -0.25) is 0 Å². The molecule has 1 saturated carbocycles. The zero-order valence-corrected chi connectivity index (χ0v) is 10.2. The van der Waals surface area contributed by atoms with Crippen LogP contribution in [0.2, 0.25) is 0 Å². The summed E-state index contributed by atoms with van der Waals surface area (Å²) in [4.78, 5) is 12.9. The van der Waals surface area contributed by atoms with Crippen LogP contribution >= 0.6 is 0 Å². The second-order valence-electron chi connectivity index (χ2n) is 4.67. The van der Waals surface area contributed by atoms with Crippen LogP contribution < -0.4 is 5.32 Å². The first-order valence-electron chi connectivity index (χ1n) is 6.34. The number of urea groups is 1. The predicted octanol–water partition coefficient (Wildman–Crippen LogP) is 1.59. The molecular weight excluding hydrogens is 204 g/mol. The lowest BCUT2D eigenvalue weighted by Gasteiger charge is -2.16. The van der Waals surface area contributed by atoms with Gasteiger partial charge in [-0.1, -0.05) is 25.7 Å². The summed E-state index contributed by atoms with van der Waals surface area (Å²) in [5.74, 6) is 0.895. The average Bonchev–Trinajstić information content (AvgIpc) is 2.77. The van der Waals surface area contributed by atoms with Crippen molar-refractivity contribution in [2.45, 2.75) is 38.5 Å². The quantitative estimate of drug-likeness (QED) is 0.678. The number of aliphatic hydroxyl groups excluding tert-OH is 1. The van der Waals surface area contributed by atoms with Gasteiger partial charge in [0.1, 0.15) is 0 Å². The van der Waals surface area contributed by atoms with Crippen LogP contribution in [-0.4, -0.2) is 42.8 Å². The molecule has 1 fully saturated rings. The van der Waals surface area contributed by atoms with E-state index in [-0.39, 0.29) is 12.6 Å². The van der Waals surface area contributed by atoms with Crippen molar-refractivity contribution in [1.29, 1.82) is 0 Å². The maximum absolute atomic E-state index is 11.4. The summed E-state index contributed by atoms with van der Waals surface area (Å²) in [6, 6.07) is -0.0829. The highest BCUT2D eigenvalue weighted by Crippen LogP contribution is 2.28. The molecule has 0 aromatic heterocycles. The van der Waals surface area contributed by atoms with Crippen molar-refractivity contribution in [3.05, 3.63) is 0 Å². The second-order valence-corrected chi connectivity index (χ2v) is 4.67. The third kappa shape index (κ3) is 4.84. The Labute approximate surface area is 98.0 Å². The Morgan fingerprint density at radius 1 is 1.44 bits per heavy atom. The van der Waals surface area contributed by atoms with E-state index in [0.29, 0.717) is 6.54 Å². The predicted molar refractivity (Wildman–Crippen MR) is 64.3 cm³/mol. The maximum Gasteiger partial charge on any atom is 0.317 e. The summed E-state index contributed by atoms with van der Waals surface area (Å²) in [6.07, 6.45) is 7.83. The molecule has 4 heteroatoms. The lowest BCUT2D eigenvalue weighted by atomic mass is 10.0. The Morgan fingerprint density at radius 3 is 2.75 bits per heavy atom. The van der Waals surface area contributed by atoms with Crippen molar-refractivity contribution in [2.24, 2.45) is 5.92 Å². The zero-order chi connectivity index (χ0) is 11.8. The summed E-state index contributed by atoms with van der Waals surface area (Å²) >= 11 is 0. The fraction of sp³-hybridized carbons (Fsp3) is 0.917. The number of hydrogen-bond donors (Lipinski definition) is 2. The van der Waals surface area contributed by atoms with E-state index in [1.54, 1.807) is 7.05 Å². The Hall–Kier alpha value is -0.770. The molecule has 1 aliphatic rings. The largest absolute Gasteiger partial charge is 0.395 e. The topological polar surface area (TPSA) is 52.6 Å². The van der Waals surface area contributed by atoms with E-state index in [1.165, 1.54) is 37.0 Å². The Kier molecular flexibility index (Phi) is 6.23. The summed E-state index contributed by atoms with van der Waals surface area (Å²) in [7, 11) is 1.70. The van der Waals surface area contributed by atoms with Gasteiger partial charge in [0.05, 0.1) is 6.61 Å². The fourth-order valence-corrected chi connectivity index (χ4v) is 2.27. The highest BCUT2D eigenvalue weighted by Gasteiger charge is 2.14. The van der Waals surface area contributed by atoms with Crippen molar-refractivity contribution in [1.82, 2.24) is 10.2 Å². The van der Waals surface area contributed by atoms with Crippen LogP contribution in [0.15, 0.2) is 0 Å². The third-order valence-corrected chi connectivity index (χ3v) is 3.32. The van der Waals surface area contributed by atoms with Crippen LogP contribution in [0.3, 0.4) is 0 Å². The van der Waals surface area contributed by atoms with E-state index in [0.717, 1.165) is 18.9 Å². The SMILES string of the molecule is CN(CCO)C(=O)NCCCC1CCCC1. The highest BCUT2D eigenvalue weighted by atomic mass is 16.3. The van der Waals surface area contributed by atoms with Crippen molar-refractivity contribution in [2.75, 3.05) is 26.7 Å². The summed E-state index contributed by atoms with van der Waals surface area (Å²) in [6.45, 7) is 1.17. The Morgan fingerprint density at radius 2 is 2.12 bits per heavy atom. The number of likely N-dealkylation sites (N-methyl/N-ethyl adjacent to an activating group) is 1. The lowest BCUT2D eigenvalue weighted by Crippen LogP contribution is -2.39. The smallest absolute Gasteiger partial charge is 0.317 e. The standard InChI is InChI=1S/C12H24N2O2/c1-14(9-10-15)12(16)13-8-4-7-11-5-2-3-6-11/h11,15H,2-10H2,1H3,(H,13,16). The third-order valence-electron chi connectivity index (χ3n) is 3.32. The van der Waals surface area contributed by atoms with Gasteiger partial charge in [-0.25, -0.2) is 4.79 Å². The first-order valence-corrected chi connectivity index (χ1v) is 6.34. The van der Waals surface area contributed by atoms with Crippen LogP contribution in [0, 0.1) is 5.92 Å². The minimum absolute atomic E-state index is 0.0198. The van der Waals surface area contributed by atoms with Crippen LogP contribution in [0.4, 0.5) is 4.79 Å². The molecule has 2 amide bonds. The van der Waals surface area contributed by atoms with Crippen LogP contribution in [-0.2, 0) is 0 Å². The van der Waals surface area contributed by atoms with Gasteiger partial charge in [-0.2, -0.15) is 0 Å². The summed E-state index contributed by atoms with van der Waals surface area (Å²) < 4.78 is 0. The minimum atomic E-state index is -0.0829. The molecule has 0 atom stereocenters. The minimum Gasteiger partial charge on any atom is -0.395 e. The van der Waals surface area contributed by atoms with E-state index in [4.69, 9.17) is 5.11 Å². The van der Waals surface area contributed by atoms with Gasteiger partial charge in [-0.15, -0.1) is 0 Å². The molecule has 2 N–H and O–H groups in total. The molecule has 0 aliphatic heterocycles. The molecule has 0 unspecified atom stereocenters. The van der Waals surface area contributed by atoms with Gasteiger partial charge in [0, 0.05) is 20.1 Å². The first-order chi connectivity index (χ1) is 7.74. The zero-order valence-electron chi connectivity index (χ0n) is 10.2. The molecule has 4 nitrogen and oxygen atoms in total. The van der Waals surface area contributed by atoms with Crippen molar-refractivity contribution in [3.63, 3.8) is 0 Å². The van der Waals surface area contributed by atoms with E-state index in [9.17, 15) is 4.79 Å². The summed E-state index contributed by atoms with van der Waals surface area (Å²) in [5, 5.41) is 11.5. The molecule has 0 bridgehead atoms. The maximum atomic E-state index is 11.4. The first kappa shape index (κ1) is 13.3. The number of carbonyl (C=O) groups is 1. The number of rotatable bonds is 6. The van der Waals surface area contributed by atoms with E-state index in [2.05, 4.69) is 5.32 Å². The number of nitrogens with one attached hydrogen (secondary N) is 1. The number of carbonyl (C=O) groups excluding carboxylic acids is 1. The average molecular weight is 228 g/mol. The highest BCUT2D eigenvalue weighted by molar-refractivity contribution is 5.73. The normalized spacial score (nSPS) is 16.4. The van der Waals surface area contributed by atoms with Crippen molar-refractivity contribution in [3.8, 4) is 0 Å².